The molecule has 0 aliphatic carbocycles. The Balaban J connectivity index is 2.11. The molecule has 1 atom stereocenters. The van der Waals surface area contributed by atoms with Gasteiger partial charge in [-0.05, 0) is 51.6 Å². The van der Waals surface area contributed by atoms with Crippen molar-refractivity contribution >= 4 is 46.9 Å². The van der Waals surface area contributed by atoms with Crippen LogP contribution in [0.15, 0.2) is 0 Å². The van der Waals surface area contributed by atoms with Crippen LogP contribution in [0.3, 0.4) is 0 Å². The highest BCUT2D eigenvalue weighted by Crippen LogP contribution is 2.17. The number of carbonyl (C=O) groups excluding carboxylic acids is 7. The molecule has 38 heavy (non-hydrogen) atoms. The van der Waals surface area contributed by atoms with Gasteiger partial charge >= 0.3 is 5.97 Å². The Bertz CT molecular complexity index is 906. The smallest absolute Gasteiger partial charge is 0.303 e. The van der Waals surface area contributed by atoms with Crippen LogP contribution < -0.4 is 21.7 Å². The van der Waals surface area contributed by atoms with Crippen LogP contribution in [0.2, 0.25) is 0 Å². The van der Waals surface area contributed by atoms with E-state index >= 15 is 0 Å². The SMILES string of the molecule is NC(=O)[C@@H]1CCCN1CCCC(=O)C(=O)NCCCC(=O)C(=O)NCCCC(=O)C(=O)NCCCC(=O)O. The number of amides is 4. The highest BCUT2D eigenvalue weighted by Gasteiger charge is 2.28. The molecule has 0 aromatic heterocycles. The molecule has 1 fully saturated rings. The van der Waals surface area contributed by atoms with E-state index in [1.807, 2.05) is 4.90 Å². The van der Waals surface area contributed by atoms with Crippen LogP contribution in [0.25, 0.3) is 0 Å². The molecular formula is C24H37N5O9. The van der Waals surface area contributed by atoms with Crippen molar-refractivity contribution in [2.24, 2.45) is 5.73 Å². The second-order valence-corrected chi connectivity index (χ2v) is 8.94. The number of nitrogens with zero attached hydrogens (tertiary/aromatic N) is 1. The molecule has 0 aromatic carbocycles. The molecule has 0 unspecified atom stereocenters. The van der Waals surface area contributed by atoms with Gasteiger partial charge < -0.3 is 26.8 Å². The summed E-state index contributed by atoms with van der Waals surface area (Å²) >= 11 is 0. The van der Waals surface area contributed by atoms with Gasteiger partial charge in [0.25, 0.3) is 17.7 Å². The molecule has 0 bridgehead atoms. The van der Waals surface area contributed by atoms with Gasteiger partial charge in [0.2, 0.25) is 23.3 Å². The van der Waals surface area contributed by atoms with Crippen molar-refractivity contribution in [1.82, 2.24) is 20.9 Å². The van der Waals surface area contributed by atoms with Crippen LogP contribution in [0.4, 0.5) is 0 Å². The number of nitrogens with two attached hydrogens (primary N) is 1. The summed E-state index contributed by atoms with van der Waals surface area (Å²) in [5.74, 6) is -5.89. The van der Waals surface area contributed by atoms with Crippen molar-refractivity contribution in [3.8, 4) is 0 Å². The zero-order valence-electron chi connectivity index (χ0n) is 21.4. The van der Waals surface area contributed by atoms with Gasteiger partial charge in [0.15, 0.2) is 0 Å². The van der Waals surface area contributed by atoms with Crippen molar-refractivity contribution in [3.05, 3.63) is 0 Å². The van der Waals surface area contributed by atoms with E-state index in [4.69, 9.17) is 10.8 Å². The van der Waals surface area contributed by atoms with E-state index in [1.54, 1.807) is 0 Å². The fourth-order valence-corrected chi connectivity index (χ4v) is 3.84. The molecule has 1 heterocycles. The summed E-state index contributed by atoms with van der Waals surface area (Å²) in [5, 5.41) is 15.6. The third-order valence-corrected chi connectivity index (χ3v) is 5.89. The highest BCUT2D eigenvalue weighted by atomic mass is 16.4. The predicted molar refractivity (Wildman–Crippen MR) is 132 cm³/mol. The topological polar surface area (TPSA) is 222 Å². The normalized spacial score (nSPS) is 14.9. The maximum atomic E-state index is 12.0. The molecule has 4 amide bonds. The second kappa shape index (κ2) is 17.7. The number of carboxylic acids is 1. The van der Waals surface area contributed by atoms with E-state index in [1.165, 1.54) is 0 Å². The van der Waals surface area contributed by atoms with E-state index in [9.17, 15) is 38.4 Å². The number of carbonyl (C=O) groups is 8. The lowest BCUT2D eigenvalue weighted by atomic mass is 10.1. The number of Topliss-reactive ketones (excluding diaryl/α,β-unsaturated/α-hetero) is 3. The molecule has 0 spiro atoms. The van der Waals surface area contributed by atoms with Crippen LogP contribution in [-0.2, 0) is 38.4 Å². The van der Waals surface area contributed by atoms with E-state index in [2.05, 4.69) is 16.0 Å². The number of rotatable bonds is 20. The number of hydrogen-bond acceptors (Lipinski definition) is 9. The second-order valence-electron chi connectivity index (χ2n) is 8.94. The maximum Gasteiger partial charge on any atom is 0.303 e. The number of ketones is 3. The predicted octanol–water partition coefficient (Wildman–Crippen LogP) is -1.80. The fourth-order valence-electron chi connectivity index (χ4n) is 3.84. The van der Waals surface area contributed by atoms with E-state index in [0.29, 0.717) is 19.4 Å². The summed E-state index contributed by atoms with van der Waals surface area (Å²) in [6, 6.07) is -0.328. The van der Waals surface area contributed by atoms with Crippen molar-refractivity contribution in [2.45, 2.75) is 70.3 Å². The summed E-state index contributed by atoms with van der Waals surface area (Å²) in [6.07, 6.45) is 2.05. The first-order chi connectivity index (χ1) is 18.0. The van der Waals surface area contributed by atoms with Crippen molar-refractivity contribution in [2.75, 3.05) is 32.7 Å². The molecule has 0 aromatic rings. The standard InChI is InChI=1S/C24H37N5O9/c25-21(35)16-6-4-14-29(16)15-5-9-19(32)24(38)27-12-2-7-17(30)22(36)26-11-1-8-18(31)23(37)28-13-3-10-20(33)34/h16H,1-15H2,(H2,25,35)(H,26,36)(H,27,38)(H,28,37)(H,33,34)/t16-/m0/s1. The lowest BCUT2D eigenvalue weighted by Gasteiger charge is -2.21. The van der Waals surface area contributed by atoms with Crippen molar-refractivity contribution in [3.63, 3.8) is 0 Å². The first-order valence-electron chi connectivity index (χ1n) is 12.7. The minimum Gasteiger partial charge on any atom is -0.481 e. The first kappa shape index (κ1) is 32.3. The number of carboxylic acid groups (broad SMARTS) is 1. The summed E-state index contributed by atoms with van der Waals surface area (Å²) in [4.78, 5) is 94.6. The van der Waals surface area contributed by atoms with Gasteiger partial charge in [-0.25, -0.2) is 0 Å². The molecular weight excluding hydrogens is 502 g/mol. The zero-order chi connectivity index (χ0) is 28.5. The largest absolute Gasteiger partial charge is 0.481 e. The minimum absolute atomic E-state index is 0.00542. The lowest BCUT2D eigenvalue weighted by Crippen LogP contribution is -2.41. The molecule has 1 aliphatic rings. The summed E-state index contributed by atoms with van der Waals surface area (Å²) < 4.78 is 0. The molecule has 212 valence electrons. The summed E-state index contributed by atoms with van der Waals surface area (Å²) in [5.41, 5.74) is 5.35. The lowest BCUT2D eigenvalue weighted by molar-refractivity contribution is -0.139. The Labute approximate surface area is 220 Å². The van der Waals surface area contributed by atoms with Crippen LogP contribution in [0.1, 0.15) is 64.2 Å². The van der Waals surface area contributed by atoms with Gasteiger partial charge in [-0.1, -0.05) is 0 Å². The molecule has 0 saturated carbocycles. The number of hydrogen-bond donors (Lipinski definition) is 5. The number of aliphatic carboxylic acids is 1. The monoisotopic (exact) mass is 539 g/mol. The van der Waals surface area contributed by atoms with E-state index in [0.717, 1.165) is 13.0 Å². The average Bonchev–Trinajstić information content (AvgIpc) is 3.35. The van der Waals surface area contributed by atoms with Crippen LogP contribution in [0, 0.1) is 0 Å². The van der Waals surface area contributed by atoms with E-state index < -0.39 is 46.9 Å². The number of nitrogens with one attached hydrogen (secondary N) is 3. The number of likely N-dealkylation sites (tertiary alicyclic amines) is 1. The fraction of sp³-hybridized carbons (Fsp3) is 0.667. The quantitative estimate of drug-likeness (QED) is 0.0862. The van der Waals surface area contributed by atoms with Gasteiger partial charge in [-0.3, -0.25) is 43.3 Å². The summed E-state index contributed by atoms with van der Waals surface area (Å²) in [6.45, 7) is 1.32. The molecule has 6 N–H and O–H groups in total. The van der Waals surface area contributed by atoms with Gasteiger partial charge in [-0.15, -0.1) is 0 Å². The van der Waals surface area contributed by atoms with Crippen molar-refractivity contribution < 1.29 is 43.5 Å². The highest BCUT2D eigenvalue weighted by molar-refractivity contribution is 6.37. The Morgan fingerprint density at radius 2 is 1.11 bits per heavy atom. The van der Waals surface area contributed by atoms with E-state index in [-0.39, 0.29) is 70.6 Å². The van der Waals surface area contributed by atoms with Gasteiger partial charge in [0, 0.05) is 45.3 Å². The Hall–Kier alpha value is -3.68. The van der Waals surface area contributed by atoms with Crippen LogP contribution in [0.5, 0.6) is 0 Å². The van der Waals surface area contributed by atoms with Gasteiger partial charge in [0.1, 0.15) is 0 Å². The number of primary amides is 1. The molecule has 1 rings (SSSR count). The Morgan fingerprint density at radius 3 is 1.53 bits per heavy atom. The Kier molecular flexibility index (Phi) is 15.1. The third-order valence-electron chi connectivity index (χ3n) is 5.89. The summed E-state index contributed by atoms with van der Waals surface area (Å²) in [7, 11) is 0. The maximum absolute atomic E-state index is 12.0. The Morgan fingerprint density at radius 1 is 0.684 bits per heavy atom. The van der Waals surface area contributed by atoms with Crippen LogP contribution in [-0.4, -0.2) is 95.7 Å². The first-order valence-corrected chi connectivity index (χ1v) is 12.7. The molecule has 1 saturated heterocycles. The average molecular weight is 540 g/mol. The van der Waals surface area contributed by atoms with Crippen LogP contribution >= 0.6 is 0 Å². The molecule has 14 heteroatoms. The van der Waals surface area contributed by atoms with Gasteiger partial charge in [0.05, 0.1) is 6.04 Å². The van der Waals surface area contributed by atoms with Gasteiger partial charge in [-0.2, -0.15) is 0 Å². The molecule has 14 nitrogen and oxygen atoms in total. The minimum atomic E-state index is -1.00. The third kappa shape index (κ3) is 13.0. The zero-order valence-corrected chi connectivity index (χ0v) is 21.4. The van der Waals surface area contributed by atoms with Crippen molar-refractivity contribution in [1.29, 1.82) is 0 Å². The molecule has 0 radical (unpaired) electrons. The molecule has 1 aliphatic heterocycles.